The molecule has 1 aliphatic heterocycles. The van der Waals surface area contributed by atoms with Crippen molar-refractivity contribution in [3.05, 3.63) is 0 Å². The number of nitrogens with two attached hydrogens (primary N) is 2. The van der Waals surface area contributed by atoms with E-state index >= 15 is 0 Å². The van der Waals surface area contributed by atoms with Crippen LogP contribution >= 0.6 is 0 Å². The normalized spacial score (nSPS) is 14.8. The predicted molar refractivity (Wildman–Crippen MR) is 156 cm³/mol. The molecule has 1 rings (SSSR count). The van der Waals surface area contributed by atoms with Gasteiger partial charge in [-0.05, 0) is 6.42 Å². The number of hydrogen-bond acceptors (Lipinski definition) is 15. The molecule has 0 aromatic carbocycles. The van der Waals surface area contributed by atoms with Crippen LogP contribution in [0.3, 0.4) is 0 Å². The number of carboxylic acids is 6. The average Bonchev–Trinajstić information content (AvgIpc) is 3.17. The Morgan fingerprint density at radius 3 is 1.39 bits per heavy atom. The minimum atomic E-state index is -1.29. The van der Waals surface area contributed by atoms with Crippen LogP contribution in [0.1, 0.15) is 66.2 Å². The first-order valence-electron chi connectivity index (χ1n) is 13.7. The van der Waals surface area contributed by atoms with Crippen molar-refractivity contribution in [3.63, 3.8) is 0 Å². The molecule has 1 aliphatic rings. The van der Waals surface area contributed by atoms with E-state index in [1.165, 1.54) is 32.8 Å². The summed E-state index contributed by atoms with van der Waals surface area (Å²) in [5.41, 5.74) is 9.67. The molecule has 3 amide bonds. The molecule has 5 atom stereocenters. The minimum absolute atomic E-state index is 0. The Hall–Kier alpha value is -4.02. The van der Waals surface area contributed by atoms with Crippen LogP contribution in [0.15, 0.2) is 0 Å². The molecule has 0 spiro atoms. The number of imide groups is 1. The summed E-state index contributed by atoms with van der Waals surface area (Å²) >= 11 is 0. The molecule has 1 saturated heterocycles. The quantitative estimate of drug-likeness (QED) is 0.0686. The third-order valence-corrected chi connectivity index (χ3v) is 5.53. The Morgan fingerprint density at radius 2 is 1.22 bits per heavy atom. The molecular weight excluding hydrogens is 675 g/mol. The fraction of sp³-hybridized carbons (Fsp3) is 0.630. The largest absolute Gasteiger partial charge is 1.00 e. The number of ketones is 1. The average molecular weight is 721 g/mol. The Kier molecular flexibility index (Phi) is 36.5. The van der Waals surface area contributed by atoms with E-state index in [0.717, 1.165) is 0 Å². The fourth-order valence-electron chi connectivity index (χ4n) is 2.65. The molecule has 0 saturated carbocycles. The van der Waals surface area contributed by atoms with E-state index in [9.17, 15) is 58.2 Å². The van der Waals surface area contributed by atoms with Crippen LogP contribution in [0.2, 0.25) is 0 Å². The molecule has 10 N–H and O–H groups in total. The number of carbonyl (C=O) groups excluding carboxylic acids is 6. The Balaban J connectivity index is -0.000000117. The van der Waals surface area contributed by atoms with Gasteiger partial charge in [-0.3, -0.25) is 43.3 Å². The van der Waals surface area contributed by atoms with Crippen molar-refractivity contribution in [1.82, 2.24) is 10.2 Å². The Labute approximate surface area is 304 Å². The maximum atomic E-state index is 10.8. The van der Waals surface area contributed by atoms with Crippen LogP contribution in [0.4, 0.5) is 0 Å². The SMILES string of the molecule is CC1CC(=O)N(C)C1=O.CCC(=O)CC(C)C(=O)[O-].CNC(=O)C(C)CC(=O)[O-].NC(CC(=O)O)C(=O)O.NC(CC(=O)O)C(=O)O.[Na+].[OH-]. The molecule has 1 heterocycles. The zero-order chi connectivity index (χ0) is 38.2. The molecule has 5 unspecified atom stereocenters. The second-order valence-corrected chi connectivity index (χ2v) is 9.89. The van der Waals surface area contributed by atoms with E-state index in [-0.39, 0.29) is 77.3 Å². The van der Waals surface area contributed by atoms with Crippen molar-refractivity contribution in [2.45, 2.75) is 78.3 Å². The van der Waals surface area contributed by atoms with E-state index in [2.05, 4.69) is 5.32 Å². The van der Waals surface area contributed by atoms with Gasteiger partial charge < -0.3 is 62.5 Å². The molecule has 0 radical (unpaired) electrons. The first-order chi connectivity index (χ1) is 21.3. The number of nitrogens with one attached hydrogen (secondary N) is 1. The number of amides is 3. The molecule has 0 aliphatic carbocycles. The van der Waals surface area contributed by atoms with Crippen LogP contribution < -0.4 is 56.6 Å². The zero-order valence-electron chi connectivity index (χ0n) is 28.4. The van der Waals surface area contributed by atoms with Crippen molar-refractivity contribution in [1.29, 1.82) is 0 Å². The van der Waals surface area contributed by atoms with Gasteiger partial charge in [0.05, 0.1) is 12.8 Å². The summed E-state index contributed by atoms with van der Waals surface area (Å²) in [5, 5.41) is 54.4. The number of likely N-dealkylation sites (tertiary alicyclic amines) is 1. The van der Waals surface area contributed by atoms with E-state index in [4.69, 9.17) is 31.9 Å². The van der Waals surface area contributed by atoms with Crippen molar-refractivity contribution in [3.8, 4) is 0 Å². The number of nitrogens with zero attached hydrogens (tertiary/aromatic N) is 1. The van der Waals surface area contributed by atoms with Gasteiger partial charge in [0, 0.05) is 63.1 Å². The summed E-state index contributed by atoms with van der Waals surface area (Å²) in [7, 11) is 2.99. The van der Waals surface area contributed by atoms with Gasteiger partial charge in [-0.1, -0.05) is 27.7 Å². The maximum Gasteiger partial charge on any atom is 1.00 e. The molecular formula is C27H45N4NaO17-2. The topological polar surface area (TPSA) is 395 Å². The summed E-state index contributed by atoms with van der Waals surface area (Å²) in [4.78, 5) is 103. The first kappa shape index (κ1) is 57.3. The summed E-state index contributed by atoms with van der Waals surface area (Å²) in [5.74, 6) is -9.01. The molecule has 0 aromatic heterocycles. The first-order valence-corrected chi connectivity index (χ1v) is 13.7. The van der Waals surface area contributed by atoms with E-state index in [1.807, 2.05) is 0 Å². The van der Waals surface area contributed by atoms with E-state index in [1.54, 1.807) is 13.8 Å². The summed E-state index contributed by atoms with van der Waals surface area (Å²) < 4.78 is 0. The van der Waals surface area contributed by atoms with Gasteiger partial charge in [-0.2, -0.15) is 0 Å². The second kappa shape index (κ2) is 31.3. The predicted octanol–water partition coefficient (Wildman–Crippen LogP) is -7.17. The van der Waals surface area contributed by atoms with Crippen molar-refractivity contribution in [2.24, 2.45) is 29.2 Å². The Bertz CT molecular complexity index is 1080. The van der Waals surface area contributed by atoms with Crippen molar-refractivity contribution >= 4 is 59.3 Å². The van der Waals surface area contributed by atoms with Gasteiger partial charge in [0.25, 0.3) is 0 Å². The molecule has 21 nitrogen and oxygen atoms in total. The third-order valence-electron chi connectivity index (χ3n) is 5.53. The van der Waals surface area contributed by atoms with Gasteiger partial charge in [-0.25, -0.2) is 0 Å². The van der Waals surface area contributed by atoms with Crippen LogP contribution in [-0.2, 0) is 47.9 Å². The fourth-order valence-corrected chi connectivity index (χ4v) is 2.65. The second-order valence-electron chi connectivity index (χ2n) is 9.89. The summed E-state index contributed by atoms with van der Waals surface area (Å²) in [6.07, 6.45) is -0.407. The van der Waals surface area contributed by atoms with Crippen molar-refractivity contribution in [2.75, 3.05) is 14.1 Å². The molecule has 278 valence electrons. The van der Waals surface area contributed by atoms with Gasteiger partial charge >= 0.3 is 53.4 Å². The number of rotatable bonds is 13. The molecule has 1 fully saturated rings. The van der Waals surface area contributed by atoms with Crippen LogP contribution in [0.25, 0.3) is 0 Å². The van der Waals surface area contributed by atoms with Crippen LogP contribution in [0.5, 0.6) is 0 Å². The maximum absolute atomic E-state index is 10.8. The molecule has 49 heavy (non-hydrogen) atoms. The van der Waals surface area contributed by atoms with Gasteiger partial charge in [0.15, 0.2) is 0 Å². The van der Waals surface area contributed by atoms with E-state index in [0.29, 0.717) is 12.8 Å². The van der Waals surface area contributed by atoms with Crippen LogP contribution in [-0.4, -0.2) is 116 Å². The number of hydrogen-bond donors (Lipinski definition) is 7. The van der Waals surface area contributed by atoms with Gasteiger partial charge in [0.1, 0.15) is 17.9 Å². The monoisotopic (exact) mass is 720 g/mol. The third kappa shape index (κ3) is 33.7. The summed E-state index contributed by atoms with van der Waals surface area (Å²) in [6, 6.07) is -2.58. The molecule has 0 bridgehead atoms. The number of Topliss-reactive ketones (excluding diaryl/α,β-unsaturated/α-hetero) is 1. The smallest absolute Gasteiger partial charge is 0.870 e. The summed E-state index contributed by atoms with van der Waals surface area (Å²) in [6.45, 7) is 6.49. The number of carbonyl (C=O) groups is 10. The Morgan fingerprint density at radius 1 is 0.837 bits per heavy atom. The van der Waals surface area contributed by atoms with E-state index < -0.39 is 72.6 Å². The molecule has 0 aromatic rings. The standard InChI is InChI=1S/C7H12O3.C6H11NO3.C6H9NO2.2C4H7NO4.Na.H2O/c1-3-6(8)4-5(2)7(9)10;1-4(3-5(8)9)6(10)7-2;1-4-3-5(8)7(2)6(4)9;2*5-2(4(8)9)1-3(6)7;;/h5H,3-4H2,1-2H3,(H,9,10);4H,3H2,1-2H3,(H,7,10)(H,8,9);4H,3H2,1-2H3;2*2H,1,5H2,(H,6,7)(H,8,9);;1H2/q;;;;;+1;/p-3. The van der Waals surface area contributed by atoms with Gasteiger partial charge in [0.2, 0.25) is 17.7 Å². The number of aliphatic carboxylic acids is 6. The van der Waals surface area contributed by atoms with Crippen molar-refractivity contribution < 1.29 is 114 Å². The van der Waals surface area contributed by atoms with Crippen LogP contribution in [0, 0.1) is 17.8 Å². The molecule has 22 heteroatoms. The zero-order valence-corrected chi connectivity index (χ0v) is 30.4. The van der Waals surface area contributed by atoms with Gasteiger partial charge in [-0.15, -0.1) is 0 Å². The minimum Gasteiger partial charge on any atom is -0.870 e. The number of carboxylic acid groups (broad SMARTS) is 6.